The van der Waals surface area contributed by atoms with Crippen LogP contribution in [0, 0.1) is 0 Å². The molecule has 1 saturated heterocycles. The zero-order chi connectivity index (χ0) is 23.0. The molecular formula is C20H22F2N7O2S2+. The van der Waals surface area contributed by atoms with Crippen LogP contribution in [0.5, 0.6) is 0 Å². The van der Waals surface area contributed by atoms with E-state index in [0.717, 1.165) is 37.0 Å². The lowest BCUT2D eigenvalue weighted by molar-refractivity contribution is -0.443. The van der Waals surface area contributed by atoms with E-state index < -0.39 is 27.0 Å². The minimum Gasteiger partial charge on any atom is -0.297 e. The fourth-order valence-corrected chi connectivity index (χ4v) is 6.66. The van der Waals surface area contributed by atoms with Crippen molar-refractivity contribution in [3.63, 3.8) is 0 Å². The predicted molar refractivity (Wildman–Crippen MR) is 118 cm³/mol. The largest absolute Gasteiger partial charge is 0.297 e. The summed E-state index contributed by atoms with van der Waals surface area (Å²) in [4.78, 5) is 4.50. The molecule has 0 amide bonds. The summed E-state index contributed by atoms with van der Waals surface area (Å²) >= 11 is 0.747. The predicted octanol–water partition coefficient (Wildman–Crippen LogP) is 2.47. The summed E-state index contributed by atoms with van der Waals surface area (Å²) in [6, 6.07) is 2.22. The Balaban J connectivity index is 1.53. The third kappa shape index (κ3) is 3.76. The number of imidazole rings is 1. The van der Waals surface area contributed by atoms with Crippen molar-refractivity contribution in [2.45, 2.75) is 61.6 Å². The first-order valence-corrected chi connectivity index (χ1v) is 13.1. The topological polar surface area (TPSA) is 104 Å². The summed E-state index contributed by atoms with van der Waals surface area (Å²) in [5.74, 6) is 0.281. The molecule has 3 aromatic heterocycles. The van der Waals surface area contributed by atoms with Crippen molar-refractivity contribution in [1.82, 2.24) is 29.6 Å². The Kier molecular flexibility index (Phi) is 4.70. The van der Waals surface area contributed by atoms with Gasteiger partial charge in [-0.05, 0) is 32.6 Å². The molecule has 2 fully saturated rings. The first-order valence-electron chi connectivity index (χ1n) is 10.8. The lowest BCUT2D eigenvalue weighted by Crippen LogP contribution is -2.43. The van der Waals surface area contributed by atoms with Gasteiger partial charge in [0.25, 0.3) is 6.43 Å². The van der Waals surface area contributed by atoms with Crippen molar-refractivity contribution in [3.05, 3.63) is 23.5 Å². The fourth-order valence-electron chi connectivity index (χ4n) is 4.48. The second-order valence-electron chi connectivity index (χ2n) is 9.16. The number of alkyl halides is 2. The number of halogens is 2. The molecule has 0 spiro atoms. The van der Waals surface area contributed by atoms with Crippen molar-refractivity contribution in [3.8, 4) is 10.8 Å². The highest BCUT2D eigenvalue weighted by molar-refractivity contribution is 7.89. The van der Waals surface area contributed by atoms with Crippen LogP contribution in [0.15, 0.2) is 23.4 Å². The number of nitrogens with zero attached hydrogens (tertiary/aromatic N) is 5. The van der Waals surface area contributed by atoms with Crippen LogP contribution in [-0.2, 0) is 10.0 Å². The van der Waals surface area contributed by atoms with E-state index in [-0.39, 0.29) is 21.8 Å². The highest BCUT2D eigenvalue weighted by Crippen LogP contribution is 2.37. The number of fused-ring (bicyclic) bond motifs is 3. The Hall–Kier alpha value is -2.35. The smallest absolute Gasteiger partial charge is 0.291 e. The van der Waals surface area contributed by atoms with Gasteiger partial charge in [-0.15, -0.1) is 10.2 Å². The molecule has 2 unspecified atom stereocenters. The molecule has 2 bridgehead atoms. The molecule has 13 heteroatoms. The minimum absolute atomic E-state index is 0.0928. The second kappa shape index (κ2) is 7.32. The lowest BCUT2D eigenvalue weighted by atomic mass is 10.2. The highest BCUT2D eigenvalue weighted by atomic mass is 32.2. The molecule has 3 aliphatic rings. The van der Waals surface area contributed by atoms with Gasteiger partial charge in [0.2, 0.25) is 15.7 Å². The van der Waals surface area contributed by atoms with Gasteiger partial charge in [-0.2, -0.15) is 4.58 Å². The Morgan fingerprint density at radius 1 is 1.33 bits per heavy atom. The Labute approximate surface area is 192 Å². The Morgan fingerprint density at radius 2 is 2.15 bits per heavy atom. The molecule has 3 aromatic rings. The third-order valence-electron chi connectivity index (χ3n) is 6.47. The SMILES string of the molecule is CC1(NS(=O)(=O)c2cc([N+]3=CC4CCC(C3)N4)c3cnc(-c4nnc(C(F)F)s4)n3c2)CC1. The molecule has 5 heterocycles. The molecule has 0 radical (unpaired) electrons. The van der Waals surface area contributed by atoms with Crippen molar-refractivity contribution in [1.29, 1.82) is 0 Å². The van der Waals surface area contributed by atoms with Gasteiger partial charge >= 0.3 is 0 Å². The molecule has 9 nitrogen and oxygen atoms in total. The second-order valence-corrected chi connectivity index (χ2v) is 11.9. The number of sulfonamides is 1. The van der Waals surface area contributed by atoms with Crippen LogP contribution in [0.25, 0.3) is 16.3 Å². The van der Waals surface area contributed by atoms with E-state index in [9.17, 15) is 17.2 Å². The number of pyridine rings is 1. The van der Waals surface area contributed by atoms with Gasteiger partial charge in [0.1, 0.15) is 10.4 Å². The number of hydrogen-bond donors (Lipinski definition) is 2. The first-order chi connectivity index (χ1) is 15.7. The van der Waals surface area contributed by atoms with Crippen LogP contribution >= 0.6 is 11.3 Å². The van der Waals surface area contributed by atoms with Gasteiger partial charge in [0.05, 0.1) is 18.3 Å². The van der Waals surface area contributed by atoms with Gasteiger partial charge in [-0.3, -0.25) is 9.72 Å². The molecule has 174 valence electrons. The van der Waals surface area contributed by atoms with Gasteiger partial charge in [0.15, 0.2) is 28.6 Å². The average molecular weight is 495 g/mol. The Bertz CT molecular complexity index is 1390. The molecule has 1 saturated carbocycles. The number of nitrogens with one attached hydrogen (secondary N) is 2. The maximum Gasteiger partial charge on any atom is 0.291 e. The Morgan fingerprint density at radius 3 is 2.85 bits per heavy atom. The number of hydrogen-bond acceptors (Lipinski definition) is 7. The zero-order valence-corrected chi connectivity index (χ0v) is 19.3. The van der Waals surface area contributed by atoms with Crippen LogP contribution in [0.2, 0.25) is 0 Å². The van der Waals surface area contributed by atoms with E-state index >= 15 is 0 Å². The fraction of sp³-hybridized carbons (Fsp3) is 0.500. The van der Waals surface area contributed by atoms with Crippen LogP contribution < -0.4 is 10.0 Å². The van der Waals surface area contributed by atoms with Gasteiger partial charge in [0, 0.05) is 17.8 Å². The summed E-state index contributed by atoms with van der Waals surface area (Å²) in [5.41, 5.74) is 0.944. The maximum atomic E-state index is 13.3. The molecule has 6 rings (SSSR count). The van der Waals surface area contributed by atoms with Crippen LogP contribution in [-0.4, -0.2) is 63.0 Å². The van der Waals surface area contributed by atoms with E-state index in [0.29, 0.717) is 23.8 Å². The molecular weight excluding hydrogens is 472 g/mol. The van der Waals surface area contributed by atoms with Gasteiger partial charge < -0.3 is 0 Å². The maximum absolute atomic E-state index is 13.3. The molecule has 2 N–H and O–H groups in total. The van der Waals surface area contributed by atoms with E-state index in [4.69, 9.17) is 0 Å². The molecule has 2 atom stereocenters. The molecule has 0 aromatic carbocycles. The molecule has 2 aliphatic heterocycles. The van der Waals surface area contributed by atoms with Crippen molar-refractivity contribution in [2.24, 2.45) is 0 Å². The van der Waals surface area contributed by atoms with Gasteiger partial charge in [-0.25, -0.2) is 26.9 Å². The number of rotatable bonds is 6. The van der Waals surface area contributed by atoms with Gasteiger partial charge in [-0.1, -0.05) is 11.3 Å². The molecule has 33 heavy (non-hydrogen) atoms. The zero-order valence-electron chi connectivity index (χ0n) is 17.7. The minimum atomic E-state index is -3.81. The molecule has 1 aliphatic carbocycles. The first kappa shape index (κ1) is 21.2. The standard InChI is InChI=1S/C20H22F2N7O2S2/c1-20(4-5-20)27-33(30,31)13-6-14(28-8-11-2-3-12(9-28)24-11)15-7-23-17(29(15)10-13)19-26-25-18(32-19)16(21)22/h6-8,10-12,16,24,27H,2-5,9H2,1H3/q+1. The van der Waals surface area contributed by atoms with Crippen molar-refractivity contribution < 1.29 is 21.8 Å². The quantitative estimate of drug-likeness (QED) is 0.511. The number of aromatic nitrogens is 4. The summed E-state index contributed by atoms with van der Waals surface area (Å²) in [7, 11) is -3.81. The van der Waals surface area contributed by atoms with E-state index in [1.807, 2.05) is 6.92 Å². The van der Waals surface area contributed by atoms with Crippen LogP contribution in [0.3, 0.4) is 0 Å². The summed E-state index contributed by atoms with van der Waals surface area (Å²) in [6.45, 7) is 2.58. The highest BCUT2D eigenvalue weighted by Gasteiger charge is 2.42. The van der Waals surface area contributed by atoms with Crippen LogP contribution in [0.4, 0.5) is 14.5 Å². The monoisotopic (exact) mass is 494 g/mol. The lowest BCUT2D eigenvalue weighted by Gasteiger charge is -2.18. The average Bonchev–Trinajstić information content (AvgIpc) is 3.17. The summed E-state index contributed by atoms with van der Waals surface area (Å²) in [6.07, 6.45) is 6.11. The summed E-state index contributed by atoms with van der Waals surface area (Å²) < 4.78 is 59.2. The third-order valence-corrected chi connectivity index (χ3v) is 9.00. The normalized spacial score (nSPS) is 23.9. The summed E-state index contributed by atoms with van der Waals surface area (Å²) in [5, 5.41) is 10.8. The van der Waals surface area contributed by atoms with E-state index in [2.05, 4.69) is 36.0 Å². The van der Waals surface area contributed by atoms with E-state index in [1.54, 1.807) is 16.7 Å². The van der Waals surface area contributed by atoms with Crippen LogP contribution in [0.1, 0.15) is 44.0 Å². The van der Waals surface area contributed by atoms with Crippen molar-refractivity contribution in [2.75, 3.05) is 6.54 Å². The van der Waals surface area contributed by atoms with Crippen molar-refractivity contribution >= 4 is 38.8 Å². The van der Waals surface area contributed by atoms with E-state index in [1.165, 1.54) is 6.20 Å².